The van der Waals surface area contributed by atoms with Crippen molar-refractivity contribution in [1.29, 1.82) is 0 Å². The Kier molecular flexibility index (Phi) is 5.22. The molecule has 0 amide bonds. The van der Waals surface area contributed by atoms with Crippen LogP contribution in [0.25, 0.3) is 21.5 Å². The number of aliphatic hydroxyl groups is 1. The van der Waals surface area contributed by atoms with E-state index in [1.807, 2.05) is 60.7 Å². The van der Waals surface area contributed by atoms with E-state index in [0.29, 0.717) is 11.5 Å². The largest absolute Gasteiger partial charge is 0.426 e. The highest BCUT2D eigenvalue weighted by Crippen LogP contribution is 2.22. The third kappa shape index (κ3) is 4.42. The van der Waals surface area contributed by atoms with E-state index in [-0.39, 0.29) is 0 Å². The zero-order valence-corrected chi connectivity index (χ0v) is 15.4. The Bertz CT molecular complexity index is 1200. The number of hydrogen-bond acceptors (Lipinski definition) is 5. The first-order chi connectivity index (χ1) is 14.1. The van der Waals surface area contributed by atoms with Gasteiger partial charge in [-0.05, 0) is 45.8 Å². The first kappa shape index (κ1) is 18.7. The molecule has 4 aromatic carbocycles. The smallest absolute Gasteiger partial charge is 0.340 e. The van der Waals surface area contributed by atoms with Crippen LogP contribution in [-0.4, -0.2) is 23.1 Å². The Labute approximate surface area is 167 Å². The summed E-state index contributed by atoms with van der Waals surface area (Å²) in [4.78, 5) is 24.2. The summed E-state index contributed by atoms with van der Waals surface area (Å²) in [6, 6.07) is 25.7. The number of carbonyl (C=O) groups excluding carboxylic acids is 2. The van der Waals surface area contributed by atoms with Crippen LogP contribution in [0, 0.1) is 0 Å². The fourth-order valence-corrected chi connectivity index (χ4v) is 3.06. The number of carbonyl (C=O) groups is 2. The lowest BCUT2D eigenvalue weighted by Gasteiger charge is -2.11. The predicted molar refractivity (Wildman–Crippen MR) is 110 cm³/mol. The maximum absolute atomic E-state index is 12.1. The molecule has 0 aromatic heterocycles. The fourth-order valence-electron chi connectivity index (χ4n) is 3.06. The van der Waals surface area contributed by atoms with E-state index in [4.69, 9.17) is 9.47 Å². The molecule has 4 rings (SSSR count). The summed E-state index contributed by atoms with van der Waals surface area (Å²) in [7, 11) is 0. The molecule has 0 fully saturated rings. The van der Waals surface area contributed by atoms with E-state index >= 15 is 0 Å². The molecule has 0 aliphatic carbocycles. The fraction of sp³-hybridized carbons (Fsp3) is 0.0833. The van der Waals surface area contributed by atoms with Crippen molar-refractivity contribution in [3.63, 3.8) is 0 Å². The molecule has 0 saturated heterocycles. The summed E-state index contributed by atoms with van der Waals surface area (Å²) in [5.41, 5.74) is 0. The third-order valence-electron chi connectivity index (χ3n) is 4.52. The predicted octanol–water partition coefficient (Wildman–Crippen LogP) is 4.26. The SMILES string of the molecule is O=C(C[C@H](O)C(=O)Oc1ccc2ccccc2c1)Oc1ccc2ccccc2c1. The standard InChI is InChI=1S/C24H18O5/c25-22(24(27)29-21-12-10-17-6-2-4-8-19(17)14-21)15-23(26)28-20-11-9-16-5-1-3-7-18(16)13-20/h1-14,22,25H,15H2/t22-/m0/s1. The molecule has 0 bridgehead atoms. The monoisotopic (exact) mass is 386 g/mol. The van der Waals surface area contributed by atoms with Gasteiger partial charge in [0.15, 0.2) is 6.10 Å². The van der Waals surface area contributed by atoms with Gasteiger partial charge in [0, 0.05) is 0 Å². The van der Waals surface area contributed by atoms with E-state index in [1.165, 1.54) is 0 Å². The number of benzene rings is 4. The molecule has 4 aromatic rings. The summed E-state index contributed by atoms with van der Waals surface area (Å²) in [5, 5.41) is 13.9. The van der Waals surface area contributed by atoms with Crippen molar-refractivity contribution in [3.05, 3.63) is 84.9 Å². The van der Waals surface area contributed by atoms with Crippen molar-refractivity contribution in [3.8, 4) is 11.5 Å². The third-order valence-corrected chi connectivity index (χ3v) is 4.52. The quantitative estimate of drug-likeness (QED) is 0.410. The van der Waals surface area contributed by atoms with E-state index in [2.05, 4.69) is 0 Å². The lowest BCUT2D eigenvalue weighted by atomic mass is 10.1. The van der Waals surface area contributed by atoms with Crippen molar-refractivity contribution in [2.45, 2.75) is 12.5 Å². The van der Waals surface area contributed by atoms with Gasteiger partial charge in [0.1, 0.15) is 11.5 Å². The summed E-state index contributed by atoms with van der Waals surface area (Å²) in [6.07, 6.45) is -2.12. The van der Waals surface area contributed by atoms with Crippen LogP contribution in [0.15, 0.2) is 84.9 Å². The Hall–Kier alpha value is -3.70. The molecule has 0 spiro atoms. The van der Waals surface area contributed by atoms with Crippen LogP contribution in [0.1, 0.15) is 6.42 Å². The number of aliphatic hydroxyl groups excluding tert-OH is 1. The number of ether oxygens (including phenoxy) is 2. The second kappa shape index (κ2) is 8.12. The van der Waals surface area contributed by atoms with E-state index in [1.54, 1.807) is 24.3 Å². The first-order valence-corrected chi connectivity index (χ1v) is 9.16. The van der Waals surface area contributed by atoms with Gasteiger partial charge in [0.2, 0.25) is 0 Å². The molecule has 0 radical (unpaired) electrons. The number of rotatable bonds is 5. The summed E-state index contributed by atoms with van der Waals surface area (Å²) >= 11 is 0. The van der Waals surface area contributed by atoms with Crippen LogP contribution < -0.4 is 9.47 Å². The minimum absolute atomic E-state index is 0.302. The molecular weight excluding hydrogens is 368 g/mol. The van der Waals surface area contributed by atoms with Gasteiger partial charge in [0.25, 0.3) is 0 Å². The van der Waals surface area contributed by atoms with Crippen LogP contribution in [0.5, 0.6) is 11.5 Å². The van der Waals surface area contributed by atoms with Gasteiger partial charge in [-0.15, -0.1) is 0 Å². The molecule has 5 heteroatoms. The number of esters is 2. The Balaban J connectivity index is 1.37. The molecule has 0 unspecified atom stereocenters. The van der Waals surface area contributed by atoms with Crippen LogP contribution in [0.3, 0.4) is 0 Å². The van der Waals surface area contributed by atoms with Crippen molar-refractivity contribution in [1.82, 2.24) is 0 Å². The zero-order valence-electron chi connectivity index (χ0n) is 15.4. The van der Waals surface area contributed by atoms with Crippen molar-refractivity contribution >= 4 is 33.5 Å². The number of hydrogen-bond donors (Lipinski definition) is 1. The summed E-state index contributed by atoms with van der Waals surface area (Å²) in [6.45, 7) is 0. The molecule has 1 atom stereocenters. The molecular formula is C24H18O5. The summed E-state index contributed by atoms with van der Waals surface area (Å²) < 4.78 is 10.4. The first-order valence-electron chi connectivity index (χ1n) is 9.16. The lowest BCUT2D eigenvalue weighted by molar-refractivity contribution is -0.149. The van der Waals surface area contributed by atoms with Gasteiger partial charge in [-0.1, -0.05) is 60.7 Å². The maximum Gasteiger partial charge on any atom is 0.340 e. The van der Waals surface area contributed by atoms with Gasteiger partial charge < -0.3 is 14.6 Å². The highest BCUT2D eigenvalue weighted by Gasteiger charge is 2.22. The minimum Gasteiger partial charge on any atom is -0.426 e. The molecule has 1 N–H and O–H groups in total. The Morgan fingerprint density at radius 3 is 1.72 bits per heavy atom. The van der Waals surface area contributed by atoms with Crippen LogP contribution in [0.2, 0.25) is 0 Å². The second-order valence-electron chi connectivity index (χ2n) is 6.63. The molecule has 0 aliphatic rings. The molecule has 29 heavy (non-hydrogen) atoms. The van der Waals surface area contributed by atoms with Crippen molar-refractivity contribution < 1.29 is 24.2 Å². The second-order valence-corrected chi connectivity index (χ2v) is 6.63. The lowest BCUT2D eigenvalue weighted by Crippen LogP contribution is -2.29. The molecule has 0 aliphatic heterocycles. The molecule has 0 heterocycles. The minimum atomic E-state index is -1.62. The maximum atomic E-state index is 12.1. The van der Waals surface area contributed by atoms with E-state index in [0.717, 1.165) is 21.5 Å². The van der Waals surface area contributed by atoms with Crippen LogP contribution >= 0.6 is 0 Å². The van der Waals surface area contributed by atoms with Crippen molar-refractivity contribution in [2.24, 2.45) is 0 Å². The number of fused-ring (bicyclic) bond motifs is 2. The molecule has 144 valence electrons. The normalized spacial score (nSPS) is 11.9. The highest BCUT2D eigenvalue weighted by molar-refractivity contribution is 5.88. The zero-order chi connectivity index (χ0) is 20.2. The Morgan fingerprint density at radius 2 is 1.17 bits per heavy atom. The van der Waals surface area contributed by atoms with Gasteiger partial charge >= 0.3 is 11.9 Å². The topological polar surface area (TPSA) is 72.8 Å². The van der Waals surface area contributed by atoms with Gasteiger partial charge in [-0.25, -0.2) is 4.79 Å². The molecule has 0 saturated carbocycles. The van der Waals surface area contributed by atoms with Crippen LogP contribution in [0.4, 0.5) is 0 Å². The van der Waals surface area contributed by atoms with Gasteiger partial charge in [-0.2, -0.15) is 0 Å². The highest BCUT2D eigenvalue weighted by atomic mass is 16.6. The van der Waals surface area contributed by atoms with E-state index < -0.39 is 24.5 Å². The van der Waals surface area contributed by atoms with E-state index in [9.17, 15) is 14.7 Å². The molecule has 5 nitrogen and oxygen atoms in total. The van der Waals surface area contributed by atoms with Gasteiger partial charge in [0.05, 0.1) is 6.42 Å². The Morgan fingerprint density at radius 1 is 0.690 bits per heavy atom. The average molecular weight is 386 g/mol. The van der Waals surface area contributed by atoms with Crippen LogP contribution in [-0.2, 0) is 9.59 Å². The van der Waals surface area contributed by atoms with Crippen molar-refractivity contribution in [2.75, 3.05) is 0 Å². The van der Waals surface area contributed by atoms with Gasteiger partial charge in [-0.3, -0.25) is 4.79 Å². The summed E-state index contributed by atoms with van der Waals surface area (Å²) in [5.74, 6) is -0.974. The average Bonchev–Trinajstić information content (AvgIpc) is 2.73.